The number of methoxy groups -OCH3 is 2. The standard InChI is InChI=1S/C21H18FNO4/c1-13-19(21(25)27-3)17(12-14-6-4-5-7-18(14)26-2)20(24)23(13)16-10-8-15(22)9-11-16/h4-12H,1-3H3/b17-12+. The Bertz CT molecular complexity index is 960. The fraction of sp³-hybridized carbons (Fsp3) is 0.143. The molecule has 1 aliphatic rings. The van der Waals surface area contributed by atoms with Crippen LogP contribution < -0.4 is 9.64 Å². The number of carbonyl (C=O) groups is 2. The Labute approximate surface area is 156 Å². The van der Waals surface area contributed by atoms with Crippen molar-refractivity contribution in [1.82, 2.24) is 0 Å². The Hall–Kier alpha value is -3.41. The average molecular weight is 367 g/mol. The van der Waals surface area contributed by atoms with E-state index in [0.717, 1.165) is 0 Å². The summed E-state index contributed by atoms with van der Waals surface area (Å²) in [6, 6.07) is 12.6. The maximum atomic E-state index is 13.3. The van der Waals surface area contributed by atoms with Crippen LogP contribution in [0.1, 0.15) is 12.5 Å². The second kappa shape index (κ2) is 7.45. The number of carbonyl (C=O) groups excluding carboxylic acids is 2. The van der Waals surface area contributed by atoms with E-state index < -0.39 is 17.7 Å². The van der Waals surface area contributed by atoms with Crippen LogP contribution in [0.2, 0.25) is 0 Å². The maximum absolute atomic E-state index is 13.3. The first kappa shape index (κ1) is 18.4. The number of halogens is 1. The van der Waals surface area contributed by atoms with E-state index in [-0.39, 0.29) is 11.1 Å². The second-order valence-corrected chi connectivity index (χ2v) is 5.87. The lowest BCUT2D eigenvalue weighted by Gasteiger charge is -2.17. The van der Waals surface area contributed by atoms with Crippen LogP contribution in [0.3, 0.4) is 0 Å². The Kier molecular flexibility index (Phi) is 5.07. The van der Waals surface area contributed by atoms with Gasteiger partial charge in [-0.3, -0.25) is 9.69 Å². The minimum Gasteiger partial charge on any atom is -0.496 e. The zero-order valence-electron chi connectivity index (χ0n) is 15.2. The van der Waals surface area contributed by atoms with E-state index in [4.69, 9.17) is 9.47 Å². The van der Waals surface area contributed by atoms with Crippen molar-refractivity contribution in [2.75, 3.05) is 19.1 Å². The largest absolute Gasteiger partial charge is 0.496 e. The third-order valence-electron chi connectivity index (χ3n) is 4.31. The van der Waals surface area contributed by atoms with Gasteiger partial charge in [0.05, 0.1) is 25.4 Å². The average Bonchev–Trinajstić information content (AvgIpc) is 2.92. The summed E-state index contributed by atoms with van der Waals surface area (Å²) >= 11 is 0. The topological polar surface area (TPSA) is 55.8 Å². The molecular weight excluding hydrogens is 349 g/mol. The zero-order valence-corrected chi connectivity index (χ0v) is 15.2. The maximum Gasteiger partial charge on any atom is 0.340 e. The number of esters is 1. The predicted octanol–water partition coefficient (Wildman–Crippen LogP) is 3.71. The van der Waals surface area contributed by atoms with Crippen LogP contribution in [0.4, 0.5) is 10.1 Å². The van der Waals surface area contributed by atoms with Crippen molar-refractivity contribution < 1.29 is 23.5 Å². The van der Waals surface area contributed by atoms with E-state index in [9.17, 15) is 14.0 Å². The minimum atomic E-state index is -0.619. The first-order valence-electron chi connectivity index (χ1n) is 8.22. The lowest BCUT2D eigenvalue weighted by Crippen LogP contribution is -2.24. The number of benzene rings is 2. The summed E-state index contributed by atoms with van der Waals surface area (Å²) in [4.78, 5) is 26.8. The molecule has 0 unspecified atom stereocenters. The zero-order chi connectivity index (χ0) is 19.6. The molecule has 2 aromatic rings. The molecule has 0 spiro atoms. The number of hydrogen-bond acceptors (Lipinski definition) is 4. The van der Waals surface area contributed by atoms with E-state index in [1.807, 2.05) is 6.07 Å². The highest BCUT2D eigenvalue weighted by atomic mass is 19.1. The molecule has 0 saturated carbocycles. The molecule has 138 valence electrons. The quantitative estimate of drug-likeness (QED) is 0.611. The minimum absolute atomic E-state index is 0.165. The number of rotatable bonds is 4. The SMILES string of the molecule is COC(=O)C1=C(C)N(c2ccc(F)cc2)C(=O)/C1=C/c1ccccc1OC. The summed E-state index contributed by atoms with van der Waals surface area (Å²) in [6.07, 6.45) is 1.60. The molecule has 1 aliphatic heterocycles. The predicted molar refractivity (Wildman–Crippen MR) is 99.6 cm³/mol. The van der Waals surface area contributed by atoms with E-state index in [2.05, 4.69) is 0 Å². The number of hydrogen-bond donors (Lipinski definition) is 0. The summed E-state index contributed by atoms with van der Waals surface area (Å²) in [5, 5.41) is 0. The molecule has 0 saturated heterocycles. The third kappa shape index (κ3) is 3.33. The molecule has 1 amide bonds. The van der Waals surface area contributed by atoms with Crippen LogP contribution in [0, 0.1) is 5.82 Å². The number of ether oxygens (including phenoxy) is 2. The number of nitrogens with zero attached hydrogens (tertiary/aromatic N) is 1. The third-order valence-corrected chi connectivity index (χ3v) is 4.31. The fourth-order valence-corrected chi connectivity index (χ4v) is 3.02. The summed E-state index contributed by atoms with van der Waals surface area (Å²) in [5.41, 5.74) is 1.88. The van der Waals surface area contributed by atoms with Crippen LogP contribution >= 0.6 is 0 Å². The van der Waals surface area contributed by atoms with Gasteiger partial charge in [0.1, 0.15) is 11.6 Å². The molecule has 6 heteroatoms. The molecule has 0 fully saturated rings. The van der Waals surface area contributed by atoms with E-state index >= 15 is 0 Å². The molecule has 0 atom stereocenters. The summed E-state index contributed by atoms with van der Waals surface area (Å²) in [7, 11) is 2.79. The van der Waals surface area contributed by atoms with Crippen LogP contribution in [0.25, 0.3) is 6.08 Å². The molecule has 5 nitrogen and oxygen atoms in total. The van der Waals surface area contributed by atoms with Gasteiger partial charge >= 0.3 is 5.97 Å². The summed E-state index contributed by atoms with van der Waals surface area (Å²) in [6.45, 7) is 1.65. The van der Waals surface area contributed by atoms with Crippen molar-refractivity contribution in [3.05, 3.63) is 76.8 Å². The molecule has 0 aliphatic carbocycles. The lowest BCUT2D eigenvalue weighted by molar-refractivity contribution is -0.136. The van der Waals surface area contributed by atoms with Crippen LogP contribution in [0.5, 0.6) is 5.75 Å². The molecule has 2 aromatic carbocycles. The van der Waals surface area contributed by atoms with Crippen LogP contribution in [-0.4, -0.2) is 26.1 Å². The van der Waals surface area contributed by atoms with Gasteiger partial charge in [0.25, 0.3) is 5.91 Å². The highest BCUT2D eigenvalue weighted by molar-refractivity contribution is 6.23. The molecular formula is C21H18FNO4. The monoisotopic (exact) mass is 367 g/mol. The number of amides is 1. The lowest BCUT2D eigenvalue weighted by atomic mass is 10.0. The van der Waals surface area contributed by atoms with Gasteiger partial charge in [-0.15, -0.1) is 0 Å². The first-order valence-corrected chi connectivity index (χ1v) is 8.22. The van der Waals surface area contributed by atoms with E-state index in [0.29, 0.717) is 22.7 Å². The van der Waals surface area contributed by atoms with Crippen LogP contribution in [0.15, 0.2) is 65.4 Å². The van der Waals surface area contributed by atoms with E-state index in [1.165, 1.54) is 43.4 Å². The summed E-state index contributed by atoms with van der Waals surface area (Å²) < 4.78 is 23.5. The molecule has 0 N–H and O–H groups in total. The second-order valence-electron chi connectivity index (χ2n) is 5.87. The van der Waals surface area contributed by atoms with Gasteiger partial charge < -0.3 is 9.47 Å². The highest BCUT2D eigenvalue weighted by Crippen LogP contribution is 2.36. The van der Waals surface area contributed by atoms with Gasteiger partial charge in [-0.1, -0.05) is 18.2 Å². The molecule has 1 heterocycles. The number of allylic oxidation sites excluding steroid dienone is 1. The van der Waals surface area contributed by atoms with Crippen molar-refractivity contribution in [1.29, 1.82) is 0 Å². The van der Waals surface area contributed by atoms with Crippen molar-refractivity contribution in [2.24, 2.45) is 0 Å². The van der Waals surface area contributed by atoms with Gasteiger partial charge in [-0.25, -0.2) is 9.18 Å². The Morgan fingerprint density at radius 2 is 1.74 bits per heavy atom. The Balaban J connectivity index is 2.16. The first-order chi connectivity index (χ1) is 13.0. The Morgan fingerprint density at radius 1 is 1.07 bits per heavy atom. The molecule has 0 radical (unpaired) electrons. The van der Waals surface area contributed by atoms with Crippen molar-refractivity contribution >= 4 is 23.6 Å². The normalized spacial score (nSPS) is 15.5. The highest BCUT2D eigenvalue weighted by Gasteiger charge is 2.38. The van der Waals surface area contributed by atoms with Crippen molar-refractivity contribution in [3.63, 3.8) is 0 Å². The van der Waals surface area contributed by atoms with Gasteiger partial charge in [0, 0.05) is 16.9 Å². The van der Waals surface area contributed by atoms with Gasteiger partial charge in [-0.2, -0.15) is 0 Å². The fourth-order valence-electron chi connectivity index (χ4n) is 3.02. The smallest absolute Gasteiger partial charge is 0.340 e. The molecule has 0 bridgehead atoms. The van der Waals surface area contributed by atoms with Crippen molar-refractivity contribution in [2.45, 2.75) is 6.92 Å². The van der Waals surface area contributed by atoms with E-state index in [1.54, 1.807) is 31.2 Å². The Morgan fingerprint density at radius 3 is 2.37 bits per heavy atom. The molecule has 27 heavy (non-hydrogen) atoms. The van der Waals surface area contributed by atoms with Crippen LogP contribution in [-0.2, 0) is 14.3 Å². The number of anilines is 1. The summed E-state index contributed by atoms with van der Waals surface area (Å²) in [5.74, 6) is -0.859. The van der Waals surface area contributed by atoms with Gasteiger partial charge in [0.15, 0.2) is 0 Å². The van der Waals surface area contributed by atoms with Gasteiger partial charge in [-0.05, 0) is 43.3 Å². The van der Waals surface area contributed by atoms with Crippen molar-refractivity contribution in [3.8, 4) is 5.75 Å². The van der Waals surface area contributed by atoms with Gasteiger partial charge in [0.2, 0.25) is 0 Å². The molecule has 3 rings (SSSR count). The number of para-hydroxylation sites is 1. The molecule has 0 aromatic heterocycles.